The first-order chi connectivity index (χ1) is 38.6. The number of nitrogens with one attached hydrogen (secondary N) is 1. The number of amides is 2. The number of allylic oxidation sites excluding steroid dienone is 1. The third-order valence-corrected chi connectivity index (χ3v) is 12.6. The van der Waals surface area contributed by atoms with Crippen LogP contribution in [0.25, 0.3) is 17.0 Å². The number of rotatable bonds is 14. The third kappa shape index (κ3) is 14.2. The lowest BCUT2D eigenvalue weighted by atomic mass is 10.1. The number of aliphatic hydroxyl groups is 2. The van der Waals surface area contributed by atoms with Crippen LogP contribution in [0.15, 0.2) is 154 Å². The van der Waals surface area contributed by atoms with E-state index in [1.165, 1.54) is 45.3 Å². The molecule has 20 nitrogen and oxygen atoms in total. The summed E-state index contributed by atoms with van der Waals surface area (Å²) in [6.45, 7) is 3.52. The molecular weight excluding hydrogens is 1020 g/mol. The summed E-state index contributed by atoms with van der Waals surface area (Å²) in [7, 11) is 3.21. The summed E-state index contributed by atoms with van der Waals surface area (Å²) in [5.74, 6) is -0.691. The first kappa shape index (κ1) is 57.4. The minimum absolute atomic E-state index is 0.0525. The van der Waals surface area contributed by atoms with E-state index >= 15 is 0 Å². The van der Waals surface area contributed by atoms with Crippen LogP contribution in [0.1, 0.15) is 90.5 Å². The normalized spacial score (nSPS) is 11.7. The van der Waals surface area contributed by atoms with E-state index in [4.69, 9.17) is 21.7 Å². The molecule has 0 saturated heterocycles. The van der Waals surface area contributed by atoms with Crippen LogP contribution < -0.4 is 11.5 Å². The Morgan fingerprint density at radius 1 is 0.575 bits per heavy atom. The van der Waals surface area contributed by atoms with Crippen LogP contribution in [0.3, 0.4) is 0 Å². The van der Waals surface area contributed by atoms with Crippen molar-refractivity contribution in [2.24, 2.45) is 45.5 Å². The van der Waals surface area contributed by atoms with Crippen molar-refractivity contribution in [3.05, 3.63) is 201 Å². The Balaban J connectivity index is 0.000000154. The number of hydrogen-bond acceptors (Lipinski definition) is 15. The van der Waals surface area contributed by atoms with Crippen LogP contribution in [0.2, 0.25) is 0 Å². The van der Waals surface area contributed by atoms with Gasteiger partial charge in [-0.3, -0.25) is 44.0 Å². The van der Waals surface area contributed by atoms with Crippen LogP contribution in [0, 0.1) is 0 Å². The van der Waals surface area contributed by atoms with E-state index in [-0.39, 0.29) is 41.9 Å². The lowest BCUT2D eigenvalue weighted by molar-refractivity contribution is 0.0983. The smallest absolute Gasteiger partial charge is 0.269 e. The molecule has 0 atom stereocenters. The van der Waals surface area contributed by atoms with Crippen LogP contribution >= 0.6 is 0 Å². The zero-order valence-corrected chi connectivity index (χ0v) is 44.3. The zero-order chi connectivity index (χ0) is 57.3. The van der Waals surface area contributed by atoms with E-state index < -0.39 is 11.8 Å². The quantitative estimate of drug-likeness (QED) is 0.0463. The van der Waals surface area contributed by atoms with E-state index in [0.29, 0.717) is 44.9 Å². The van der Waals surface area contributed by atoms with Crippen molar-refractivity contribution in [1.82, 2.24) is 29.8 Å². The van der Waals surface area contributed by atoms with Crippen molar-refractivity contribution in [3.63, 3.8) is 0 Å². The number of carbonyl (C=O) groups is 2. The minimum Gasteiger partial charge on any atom is -0.507 e. The van der Waals surface area contributed by atoms with E-state index in [2.05, 4.69) is 58.6 Å². The molecule has 1 aliphatic rings. The number of benzene rings is 6. The Bertz CT molecular complexity index is 3690. The molecule has 0 bridgehead atoms. The van der Waals surface area contributed by atoms with E-state index in [0.717, 1.165) is 58.2 Å². The Kier molecular flexibility index (Phi) is 19.5. The first-order valence-electron chi connectivity index (χ1n) is 25.1. The van der Waals surface area contributed by atoms with Gasteiger partial charge in [0.25, 0.3) is 11.8 Å². The van der Waals surface area contributed by atoms with Gasteiger partial charge in [0.15, 0.2) is 11.4 Å². The molecule has 0 aliphatic heterocycles. The van der Waals surface area contributed by atoms with Crippen LogP contribution in [0.4, 0.5) is 22.7 Å². The molecule has 3 heterocycles. The number of aliphatic hydroxyl groups excluding tert-OH is 2. The summed E-state index contributed by atoms with van der Waals surface area (Å²) in [5, 5.41) is 73.9. The largest absolute Gasteiger partial charge is 0.507 e. The maximum absolute atomic E-state index is 11.3. The number of fused-ring (bicyclic) bond motifs is 2. The molecule has 11 N–H and O–H groups in total. The first-order valence-corrected chi connectivity index (χ1v) is 25.1. The van der Waals surface area contributed by atoms with Crippen molar-refractivity contribution >= 4 is 76.4 Å². The van der Waals surface area contributed by atoms with Gasteiger partial charge in [0.05, 0.1) is 48.7 Å². The fraction of sp³-hybridized carbons (Fsp3) is 0.150. The molecule has 80 heavy (non-hydrogen) atoms. The molecule has 1 aliphatic carbocycles. The lowest BCUT2D eigenvalue weighted by Crippen LogP contribution is -2.15. The van der Waals surface area contributed by atoms with Gasteiger partial charge in [0.1, 0.15) is 34.4 Å². The summed E-state index contributed by atoms with van der Waals surface area (Å²) in [4.78, 5) is 39.7. The average molecular weight is 1080 g/mol. The molecule has 0 fully saturated rings. The van der Waals surface area contributed by atoms with Crippen molar-refractivity contribution in [1.29, 1.82) is 0 Å². The number of H-pyrrole nitrogens is 1. The van der Waals surface area contributed by atoms with E-state index in [1.807, 2.05) is 74.5 Å². The molecule has 408 valence electrons. The molecule has 2 amide bonds. The molecule has 0 saturated carbocycles. The number of para-hydroxylation sites is 4. The second-order valence-corrected chi connectivity index (χ2v) is 17.8. The number of phenolic OH excluding ortho intramolecular Hbond substituents is 2. The highest BCUT2D eigenvalue weighted by Crippen LogP contribution is 2.29. The Labute approximate surface area is 460 Å². The molecule has 0 spiro atoms. The van der Waals surface area contributed by atoms with Crippen molar-refractivity contribution < 1.29 is 40.2 Å². The molecule has 20 heteroatoms. The number of aromatic hydroxyl groups is 4. The molecule has 10 rings (SSSR count). The number of aromatic amines is 1. The predicted octanol–water partition coefficient (Wildman–Crippen LogP) is 8.79. The molecule has 9 aromatic rings. The van der Waals surface area contributed by atoms with Crippen molar-refractivity contribution in [3.8, 4) is 23.0 Å². The van der Waals surface area contributed by atoms with Gasteiger partial charge in [-0.1, -0.05) is 80.6 Å². The lowest BCUT2D eigenvalue weighted by Gasteiger charge is -2.04. The van der Waals surface area contributed by atoms with Gasteiger partial charge < -0.3 is 42.1 Å². The van der Waals surface area contributed by atoms with Gasteiger partial charge in [-0.15, -0.1) is 0 Å². The maximum Gasteiger partial charge on any atom is 0.269 e. The fourth-order valence-electron chi connectivity index (χ4n) is 8.19. The van der Waals surface area contributed by atoms with E-state index in [1.54, 1.807) is 75.2 Å². The summed E-state index contributed by atoms with van der Waals surface area (Å²) in [6.07, 6.45) is 17.6. The minimum atomic E-state index is -0.634. The molecule has 3 aromatic heterocycles. The number of aliphatic imine (C=N–C) groups is 4. The summed E-state index contributed by atoms with van der Waals surface area (Å²) < 4.78 is 2.70. The zero-order valence-electron chi connectivity index (χ0n) is 44.3. The molecule has 0 unspecified atom stereocenters. The van der Waals surface area contributed by atoms with Gasteiger partial charge >= 0.3 is 0 Å². The van der Waals surface area contributed by atoms with Crippen molar-refractivity contribution in [2.75, 3.05) is 0 Å². The summed E-state index contributed by atoms with van der Waals surface area (Å²) in [6, 6.07) is 33.2. The Hall–Kier alpha value is -10.3. The van der Waals surface area contributed by atoms with Gasteiger partial charge in [-0.2, -0.15) is 15.3 Å². The van der Waals surface area contributed by atoms with Crippen LogP contribution in [0.5, 0.6) is 23.0 Å². The van der Waals surface area contributed by atoms with Gasteiger partial charge in [-0.05, 0) is 96.1 Å². The number of aryl methyl sites for hydroxylation is 4. The van der Waals surface area contributed by atoms with Crippen LogP contribution in [-0.4, -0.2) is 97.1 Å². The summed E-state index contributed by atoms with van der Waals surface area (Å²) in [5.41, 5.74) is 21.8. The fourth-order valence-corrected chi connectivity index (χ4v) is 8.19. The number of phenols is 4. The number of carbonyl (C=O) groups excluding carboxylic acids is 2. The third-order valence-electron chi connectivity index (χ3n) is 12.6. The highest BCUT2D eigenvalue weighted by molar-refractivity contribution is 5.98. The number of aromatic nitrogens is 6. The number of primary amides is 2. The topological polar surface area (TPSA) is 321 Å². The number of nitrogens with zero attached hydrogens (tertiary/aromatic N) is 9. The second-order valence-electron chi connectivity index (χ2n) is 17.8. The summed E-state index contributed by atoms with van der Waals surface area (Å²) >= 11 is 0. The Morgan fingerprint density at radius 2 is 1.00 bits per heavy atom. The number of hydrogen-bond donors (Lipinski definition) is 9. The molecule has 6 aromatic carbocycles. The van der Waals surface area contributed by atoms with Crippen molar-refractivity contribution in [2.45, 2.75) is 46.3 Å². The second kappa shape index (κ2) is 27.1. The van der Waals surface area contributed by atoms with Gasteiger partial charge in [-0.25, -0.2) is 0 Å². The van der Waals surface area contributed by atoms with Crippen LogP contribution in [-0.2, 0) is 46.6 Å². The average Bonchev–Trinajstić information content (AvgIpc) is 4.29. The molecular formula is C60H60N12O8. The SMILES string of the molecule is CCc1cccc(C=Nc2ccc3[nH]ncc3c2)c1O.CCc1cccc(C=Nc2cnn(C)c2C(N)=O)c1O.Cn1ncc(N=Cc2cccc(CO)c2O)c1C(N)=O.OCc1cccc(C=Nc2ccc3c(c2)C=CC3)c1O. The standard InChI is InChI=1S/C17H15NO2.C16H15N3O.C14H16N4O2.C13H14N4O3/c19-11-15-6-2-5-14(17(15)20)10-18-16-8-7-12-3-1-4-13(12)9-16;1-2-11-4-3-5-12(16(11)20)9-17-14-6-7-15-13(8-14)10-18-19-15;1-3-9-5-4-6-10(13(9)19)7-16-11-8-17-18(2)12(11)14(15)20;1-17-11(13(14)20)10(6-16-17)15-5-8-3-2-4-9(7-18)12(8)19/h1-2,4-10,19-20H,3,11H2;3-10,20H,2H2,1H3,(H,18,19);4-8,19H,3H2,1-2H3,(H2,15,20);2-6,18-19H,7H2,1H3,(H2,14,20). The Morgan fingerprint density at radius 3 is 1.45 bits per heavy atom. The highest BCUT2D eigenvalue weighted by atomic mass is 16.3. The van der Waals surface area contributed by atoms with Gasteiger partial charge in [0, 0.05) is 77.7 Å². The van der Waals surface area contributed by atoms with E-state index in [9.17, 15) is 30.0 Å². The maximum atomic E-state index is 11.3. The van der Waals surface area contributed by atoms with Gasteiger partial charge in [0.2, 0.25) is 0 Å². The highest BCUT2D eigenvalue weighted by Gasteiger charge is 2.15. The predicted molar refractivity (Wildman–Crippen MR) is 311 cm³/mol. The number of nitrogens with two attached hydrogens (primary N) is 2. The molecule has 0 radical (unpaired) electrons. The monoisotopic (exact) mass is 1080 g/mol.